The highest BCUT2D eigenvalue weighted by Crippen LogP contribution is 2.34. The monoisotopic (exact) mass is 489 g/mol. The molecule has 0 aromatic heterocycles. The van der Waals surface area contributed by atoms with E-state index in [4.69, 9.17) is 5.84 Å². The molecule has 2 amide bonds. The molecule has 0 heterocycles. The molecule has 0 spiro atoms. The number of aliphatic imine (C=N–C) groups is 1. The van der Waals surface area contributed by atoms with Crippen LogP contribution in [0.2, 0.25) is 0 Å². The van der Waals surface area contributed by atoms with Crippen LogP contribution >= 0.6 is 31.9 Å². The Labute approximate surface area is 171 Å². The zero-order chi connectivity index (χ0) is 19.6. The van der Waals surface area contributed by atoms with Gasteiger partial charge in [0.25, 0.3) is 0 Å². The minimum absolute atomic E-state index is 0.0163. The Kier molecular flexibility index (Phi) is 5.69. The second kappa shape index (κ2) is 7.99. The number of benzene rings is 3. The molecule has 0 unspecified atom stereocenters. The number of phenols is 1. The minimum Gasteiger partial charge on any atom is -0.506 e. The highest BCUT2D eigenvalue weighted by Gasteiger charge is 2.17. The van der Waals surface area contributed by atoms with Crippen molar-refractivity contribution in [2.45, 2.75) is 0 Å². The molecule has 0 radical (unpaired) electrons. The van der Waals surface area contributed by atoms with Crippen LogP contribution in [0.15, 0.2) is 68.5 Å². The van der Waals surface area contributed by atoms with Gasteiger partial charge in [0.15, 0.2) is 0 Å². The summed E-state index contributed by atoms with van der Waals surface area (Å²) >= 11 is 6.53. The molecule has 0 aliphatic rings. The first kappa shape index (κ1) is 19.2. The number of nitrogens with zero attached hydrogens (tertiary/aromatic N) is 1. The molecule has 0 aliphatic carbocycles. The van der Waals surface area contributed by atoms with Crippen molar-refractivity contribution in [2.75, 3.05) is 0 Å². The maximum atomic E-state index is 12.1. The SMILES string of the molecule is NNC(=O)C(=O)N=C(c1cc(Br)c(O)c(Br)c1)c1ccc2ccccc2c1. The van der Waals surface area contributed by atoms with E-state index in [0.29, 0.717) is 20.1 Å². The fourth-order valence-electron chi connectivity index (χ4n) is 2.55. The minimum atomic E-state index is -1.03. The van der Waals surface area contributed by atoms with Gasteiger partial charge in [0.2, 0.25) is 0 Å². The van der Waals surface area contributed by atoms with Crippen molar-refractivity contribution >= 4 is 60.2 Å². The summed E-state index contributed by atoms with van der Waals surface area (Å²) in [5.41, 5.74) is 3.22. The van der Waals surface area contributed by atoms with Crippen LogP contribution < -0.4 is 11.3 Å². The summed E-state index contributed by atoms with van der Waals surface area (Å²) in [6.45, 7) is 0. The summed E-state index contributed by atoms with van der Waals surface area (Å²) in [6, 6.07) is 16.6. The summed E-state index contributed by atoms with van der Waals surface area (Å²) < 4.78 is 0.826. The van der Waals surface area contributed by atoms with Crippen molar-refractivity contribution < 1.29 is 14.7 Å². The molecular weight excluding hydrogens is 478 g/mol. The van der Waals surface area contributed by atoms with Gasteiger partial charge in [0.05, 0.1) is 14.7 Å². The van der Waals surface area contributed by atoms with Gasteiger partial charge in [-0.25, -0.2) is 10.8 Å². The first-order valence-electron chi connectivity index (χ1n) is 7.72. The zero-order valence-electron chi connectivity index (χ0n) is 13.7. The molecule has 0 saturated heterocycles. The van der Waals surface area contributed by atoms with Gasteiger partial charge in [-0.05, 0) is 60.8 Å². The first-order valence-corrected chi connectivity index (χ1v) is 9.30. The fourth-order valence-corrected chi connectivity index (χ4v) is 3.74. The number of carbonyl (C=O) groups excluding carboxylic acids is 2. The molecule has 3 aromatic rings. The number of hydrazine groups is 1. The van der Waals surface area contributed by atoms with Crippen molar-refractivity contribution in [1.29, 1.82) is 0 Å². The highest BCUT2D eigenvalue weighted by atomic mass is 79.9. The van der Waals surface area contributed by atoms with Crippen molar-refractivity contribution in [2.24, 2.45) is 10.8 Å². The van der Waals surface area contributed by atoms with Gasteiger partial charge >= 0.3 is 11.8 Å². The Balaban J connectivity index is 2.22. The molecule has 6 nitrogen and oxygen atoms in total. The number of hydrogen-bond donors (Lipinski definition) is 3. The van der Waals surface area contributed by atoms with E-state index >= 15 is 0 Å². The smallest absolute Gasteiger partial charge is 0.336 e. The Bertz CT molecular complexity index is 1070. The molecule has 136 valence electrons. The van der Waals surface area contributed by atoms with Crippen LogP contribution in [-0.4, -0.2) is 22.6 Å². The number of amides is 2. The standard InChI is InChI=1S/C19H13Br2N3O3/c20-14-8-13(9-15(21)17(14)25)16(23-18(26)19(27)24-22)12-6-5-10-3-1-2-4-11(10)7-12/h1-9,25H,22H2,(H,24,27). The van der Waals surface area contributed by atoms with Gasteiger partial charge in [0, 0.05) is 11.1 Å². The lowest BCUT2D eigenvalue weighted by atomic mass is 9.99. The predicted molar refractivity (Wildman–Crippen MR) is 110 cm³/mol. The molecule has 0 atom stereocenters. The van der Waals surface area contributed by atoms with Crippen molar-refractivity contribution in [3.8, 4) is 5.75 Å². The number of hydrogen-bond acceptors (Lipinski definition) is 4. The van der Waals surface area contributed by atoms with E-state index in [9.17, 15) is 14.7 Å². The van der Waals surface area contributed by atoms with Crippen LogP contribution in [0.4, 0.5) is 0 Å². The summed E-state index contributed by atoms with van der Waals surface area (Å²) in [6.07, 6.45) is 0. The summed E-state index contributed by atoms with van der Waals surface area (Å²) in [7, 11) is 0. The fraction of sp³-hybridized carbons (Fsp3) is 0. The highest BCUT2D eigenvalue weighted by molar-refractivity contribution is 9.11. The van der Waals surface area contributed by atoms with E-state index in [1.165, 1.54) is 0 Å². The second-order valence-electron chi connectivity index (χ2n) is 5.59. The maximum Gasteiger partial charge on any atom is 0.336 e. The molecule has 3 rings (SSSR count). The van der Waals surface area contributed by atoms with Gasteiger partial charge < -0.3 is 5.11 Å². The summed E-state index contributed by atoms with van der Waals surface area (Å²) in [5.74, 6) is 3.00. The molecule has 0 saturated carbocycles. The van der Waals surface area contributed by atoms with Gasteiger partial charge in [-0.15, -0.1) is 0 Å². The van der Waals surface area contributed by atoms with Crippen LogP contribution in [-0.2, 0) is 9.59 Å². The average molecular weight is 491 g/mol. The third-order valence-corrected chi connectivity index (χ3v) is 5.06. The molecule has 0 bridgehead atoms. The van der Waals surface area contributed by atoms with E-state index < -0.39 is 11.8 Å². The van der Waals surface area contributed by atoms with E-state index in [-0.39, 0.29) is 11.5 Å². The number of halogens is 2. The Morgan fingerprint density at radius 1 is 0.926 bits per heavy atom. The van der Waals surface area contributed by atoms with Crippen molar-refractivity contribution in [1.82, 2.24) is 5.43 Å². The zero-order valence-corrected chi connectivity index (χ0v) is 16.9. The molecule has 4 N–H and O–H groups in total. The molecule has 0 aliphatic heterocycles. The summed E-state index contributed by atoms with van der Waals surface area (Å²) in [4.78, 5) is 27.6. The van der Waals surface area contributed by atoms with E-state index in [1.54, 1.807) is 17.6 Å². The normalized spacial score (nSPS) is 11.4. The first-order chi connectivity index (χ1) is 12.9. The molecular formula is C19H13Br2N3O3. The van der Waals surface area contributed by atoms with Gasteiger partial charge in [-0.1, -0.05) is 36.4 Å². The van der Waals surface area contributed by atoms with Gasteiger partial charge in [-0.2, -0.15) is 0 Å². The second-order valence-corrected chi connectivity index (χ2v) is 7.30. The quantitative estimate of drug-likeness (QED) is 0.168. The number of nitrogens with one attached hydrogen (secondary N) is 1. The molecule has 8 heteroatoms. The number of fused-ring (bicyclic) bond motifs is 1. The number of aromatic hydroxyl groups is 1. The molecule has 0 fully saturated rings. The van der Waals surface area contributed by atoms with E-state index in [1.807, 2.05) is 42.5 Å². The lowest BCUT2D eigenvalue weighted by Crippen LogP contribution is -2.35. The van der Waals surface area contributed by atoms with E-state index in [0.717, 1.165) is 10.8 Å². The average Bonchev–Trinajstić information content (AvgIpc) is 2.68. The van der Waals surface area contributed by atoms with Crippen LogP contribution in [0.5, 0.6) is 5.75 Å². The maximum absolute atomic E-state index is 12.1. The summed E-state index contributed by atoms with van der Waals surface area (Å²) in [5, 5.41) is 11.9. The third-order valence-electron chi connectivity index (χ3n) is 3.85. The van der Waals surface area contributed by atoms with Crippen LogP contribution in [0.1, 0.15) is 11.1 Å². The number of nitrogens with two attached hydrogens (primary N) is 1. The Hall–Kier alpha value is -2.55. The third kappa shape index (κ3) is 4.08. The van der Waals surface area contributed by atoms with E-state index in [2.05, 4.69) is 36.9 Å². The number of phenolic OH excluding ortho intramolecular Hbond substituents is 1. The predicted octanol–water partition coefficient (Wildman–Crippen LogP) is 3.42. The Morgan fingerprint density at radius 3 is 2.19 bits per heavy atom. The largest absolute Gasteiger partial charge is 0.506 e. The topological polar surface area (TPSA) is 105 Å². The van der Waals surface area contributed by atoms with Gasteiger partial charge in [0.1, 0.15) is 5.75 Å². The Morgan fingerprint density at radius 2 is 1.56 bits per heavy atom. The lowest BCUT2D eigenvalue weighted by Gasteiger charge is -2.11. The van der Waals surface area contributed by atoms with Crippen LogP contribution in [0.25, 0.3) is 10.8 Å². The lowest BCUT2D eigenvalue weighted by molar-refractivity contribution is -0.137. The van der Waals surface area contributed by atoms with Gasteiger partial charge in [-0.3, -0.25) is 15.0 Å². The molecule has 27 heavy (non-hydrogen) atoms. The number of carbonyl (C=O) groups is 2. The van der Waals surface area contributed by atoms with Crippen molar-refractivity contribution in [3.63, 3.8) is 0 Å². The number of rotatable bonds is 2. The van der Waals surface area contributed by atoms with Crippen LogP contribution in [0, 0.1) is 0 Å². The van der Waals surface area contributed by atoms with Crippen LogP contribution in [0.3, 0.4) is 0 Å². The molecule has 3 aromatic carbocycles. The van der Waals surface area contributed by atoms with Crippen molar-refractivity contribution in [3.05, 3.63) is 74.7 Å².